The minimum atomic E-state index is -0.591. The van der Waals surface area contributed by atoms with E-state index in [2.05, 4.69) is 15.9 Å². The first-order chi connectivity index (χ1) is 9.08. The van der Waals surface area contributed by atoms with E-state index in [1.54, 1.807) is 24.3 Å². The van der Waals surface area contributed by atoms with Crippen LogP contribution >= 0.6 is 27.5 Å². The van der Waals surface area contributed by atoms with E-state index in [-0.39, 0.29) is 23.2 Å². The fraction of sp³-hybridized carbons (Fsp3) is 0.0714. The average molecular weight is 344 g/mol. The van der Waals surface area contributed by atoms with Crippen LogP contribution in [0.25, 0.3) is 0 Å². The summed E-state index contributed by atoms with van der Waals surface area (Å²) in [6.07, 6.45) is 0. The van der Waals surface area contributed by atoms with Gasteiger partial charge in [-0.05, 0) is 22.0 Å². The Labute approximate surface area is 123 Å². The van der Waals surface area contributed by atoms with Gasteiger partial charge in [-0.3, -0.25) is 4.79 Å². The molecule has 2 nitrogen and oxygen atoms in total. The fourth-order valence-corrected chi connectivity index (χ4v) is 2.22. The van der Waals surface area contributed by atoms with E-state index in [1.165, 1.54) is 6.07 Å². The highest BCUT2D eigenvalue weighted by molar-refractivity contribution is 9.10. The summed E-state index contributed by atoms with van der Waals surface area (Å²) in [5.74, 6) is -0.527. The van der Waals surface area contributed by atoms with Gasteiger partial charge in [0.2, 0.25) is 0 Å². The maximum absolute atomic E-state index is 13.3. The molecule has 19 heavy (non-hydrogen) atoms. The maximum Gasteiger partial charge on any atom is 0.200 e. The summed E-state index contributed by atoms with van der Waals surface area (Å²) in [6.45, 7) is -0.163. The Morgan fingerprint density at radius 3 is 2.63 bits per heavy atom. The molecule has 0 aliphatic carbocycles. The highest BCUT2D eigenvalue weighted by Crippen LogP contribution is 2.30. The molecule has 0 saturated heterocycles. The molecule has 0 radical (unpaired) electrons. The van der Waals surface area contributed by atoms with E-state index in [9.17, 15) is 9.18 Å². The van der Waals surface area contributed by atoms with Gasteiger partial charge in [-0.1, -0.05) is 41.9 Å². The number of carbonyl (C=O) groups excluding carboxylic acids is 1. The van der Waals surface area contributed by atoms with Crippen molar-refractivity contribution in [2.45, 2.75) is 0 Å². The third kappa shape index (κ3) is 3.55. The zero-order valence-electron chi connectivity index (χ0n) is 9.70. The third-order valence-corrected chi connectivity index (χ3v) is 3.34. The Bertz CT molecular complexity index is 602. The molecule has 0 aliphatic heterocycles. The normalized spacial score (nSPS) is 10.3. The number of hydrogen-bond acceptors (Lipinski definition) is 2. The lowest BCUT2D eigenvalue weighted by Gasteiger charge is -2.08. The van der Waals surface area contributed by atoms with Gasteiger partial charge in [0, 0.05) is 11.6 Å². The van der Waals surface area contributed by atoms with Crippen LogP contribution in [0.3, 0.4) is 0 Å². The zero-order valence-corrected chi connectivity index (χ0v) is 12.0. The molecule has 0 unspecified atom stereocenters. The van der Waals surface area contributed by atoms with E-state index < -0.39 is 5.82 Å². The highest BCUT2D eigenvalue weighted by Gasteiger charge is 2.11. The molecule has 0 saturated carbocycles. The number of carbonyl (C=O) groups is 1. The average Bonchev–Trinajstić information content (AvgIpc) is 2.42. The molecule has 0 atom stereocenters. The van der Waals surface area contributed by atoms with Gasteiger partial charge in [-0.25, -0.2) is 4.39 Å². The highest BCUT2D eigenvalue weighted by atomic mass is 79.9. The monoisotopic (exact) mass is 342 g/mol. The van der Waals surface area contributed by atoms with Crippen LogP contribution in [-0.2, 0) is 0 Å². The van der Waals surface area contributed by atoms with Crippen LogP contribution in [0.4, 0.5) is 4.39 Å². The smallest absolute Gasteiger partial charge is 0.200 e. The molecule has 0 spiro atoms. The number of rotatable bonds is 4. The van der Waals surface area contributed by atoms with Crippen molar-refractivity contribution in [2.24, 2.45) is 0 Å². The number of halogens is 3. The molecule has 0 aliphatic rings. The lowest BCUT2D eigenvalue weighted by atomic mass is 10.1. The van der Waals surface area contributed by atoms with Gasteiger partial charge >= 0.3 is 0 Å². The second kappa shape index (κ2) is 6.17. The molecular weight excluding hydrogens is 335 g/mol. The molecule has 98 valence electrons. The molecule has 0 aromatic heterocycles. The van der Waals surface area contributed by atoms with Crippen LogP contribution < -0.4 is 4.74 Å². The van der Waals surface area contributed by atoms with Crippen LogP contribution in [0.15, 0.2) is 46.9 Å². The SMILES string of the molecule is O=C(COc1cc(F)c(Cl)cc1Br)c1ccccc1. The lowest BCUT2D eigenvalue weighted by Crippen LogP contribution is -2.11. The van der Waals surface area contributed by atoms with E-state index in [0.29, 0.717) is 10.0 Å². The Kier molecular flexibility index (Phi) is 4.56. The first-order valence-corrected chi connectivity index (χ1v) is 6.60. The molecule has 0 N–H and O–H groups in total. The lowest BCUT2D eigenvalue weighted by molar-refractivity contribution is 0.0920. The minimum Gasteiger partial charge on any atom is -0.484 e. The summed E-state index contributed by atoms with van der Waals surface area (Å²) in [6, 6.07) is 11.3. The van der Waals surface area contributed by atoms with Gasteiger partial charge in [0.1, 0.15) is 11.6 Å². The largest absolute Gasteiger partial charge is 0.484 e. The third-order valence-electron chi connectivity index (χ3n) is 2.43. The first kappa shape index (κ1) is 14.0. The number of Topliss-reactive ketones (excluding diaryl/α,β-unsaturated/α-hetero) is 1. The molecule has 0 fully saturated rings. The van der Waals surface area contributed by atoms with Crippen molar-refractivity contribution in [3.05, 3.63) is 63.3 Å². The van der Waals surface area contributed by atoms with Crippen LogP contribution in [0.2, 0.25) is 5.02 Å². The molecule has 5 heteroatoms. The van der Waals surface area contributed by atoms with Gasteiger partial charge in [-0.2, -0.15) is 0 Å². The number of benzene rings is 2. The van der Waals surface area contributed by atoms with Crippen molar-refractivity contribution < 1.29 is 13.9 Å². The van der Waals surface area contributed by atoms with Crippen molar-refractivity contribution in [3.8, 4) is 5.75 Å². The zero-order chi connectivity index (χ0) is 13.8. The van der Waals surface area contributed by atoms with E-state index in [4.69, 9.17) is 16.3 Å². The molecule has 2 rings (SSSR count). The molecule has 0 bridgehead atoms. The quantitative estimate of drug-likeness (QED) is 0.603. The predicted molar refractivity (Wildman–Crippen MR) is 75.4 cm³/mol. The van der Waals surface area contributed by atoms with Crippen molar-refractivity contribution >= 4 is 33.3 Å². The Balaban J connectivity index is 2.07. The first-order valence-electron chi connectivity index (χ1n) is 5.43. The van der Waals surface area contributed by atoms with E-state index in [0.717, 1.165) is 6.07 Å². The molecule has 0 amide bonds. The number of ether oxygens (including phenoxy) is 1. The second-order valence-electron chi connectivity index (χ2n) is 3.77. The van der Waals surface area contributed by atoms with Gasteiger partial charge in [0.25, 0.3) is 0 Å². The maximum atomic E-state index is 13.3. The summed E-state index contributed by atoms with van der Waals surface area (Å²) in [5.41, 5.74) is 0.549. The fourth-order valence-electron chi connectivity index (χ4n) is 1.47. The van der Waals surface area contributed by atoms with Crippen LogP contribution in [0.5, 0.6) is 5.75 Å². The second-order valence-corrected chi connectivity index (χ2v) is 5.04. The molecule has 2 aromatic carbocycles. The van der Waals surface area contributed by atoms with Gasteiger partial charge in [0.05, 0.1) is 9.50 Å². The van der Waals surface area contributed by atoms with Crippen molar-refractivity contribution in [1.29, 1.82) is 0 Å². The summed E-state index contributed by atoms with van der Waals surface area (Å²) in [4.78, 5) is 11.8. The summed E-state index contributed by atoms with van der Waals surface area (Å²) in [7, 11) is 0. The van der Waals surface area contributed by atoms with Crippen LogP contribution in [0.1, 0.15) is 10.4 Å². The van der Waals surface area contributed by atoms with Crippen LogP contribution in [0, 0.1) is 5.82 Å². The van der Waals surface area contributed by atoms with Crippen molar-refractivity contribution in [2.75, 3.05) is 6.61 Å². The van der Waals surface area contributed by atoms with E-state index in [1.807, 2.05) is 6.07 Å². The Morgan fingerprint density at radius 1 is 1.26 bits per heavy atom. The molecule has 2 aromatic rings. The van der Waals surface area contributed by atoms with Gasteiger partial charge < -0.3 is 4.74 Å². The van der Waals surface area contributed by atoms with Gasteiger partial charge in [0.15, 0.2) is 12.4 Å². The van der Waals surface area contributed by atoms with E-state index >= 15 is 0 Å². The van der Waals surface area contributed by atoms with Crippen molar-refractivity contribution in [1.82, 2.24) is 0 Å². The number of ketones is 1. The molecular formula is C14H9BrClFO2. The molecule has 0 heterocycles. The predicted octanol–water partition coefficient (Wildman–Crippen LogP) is 4.50. The van der Waals surface area contributed by atoms with Crippen molar-refractivity contribution in [3.63, 3.8) is 0 Å². The summed E-state index contributed by atoms with van der Waals surface area (Å²) in [5, 5.41) is -0.00592. The summed E-state index contributed by atoms with van der Waals surface area (Å²) < 4.78 is 19.1. The topological polar surface area (TPSA) is 26.3 Å². The number of hydrogen-bond donors (Lipinski definition) is 0. The Morgan fingerprint density at radius 2 is 1.95 bits per heavy atom. The minimum absolute atomic E-state index is 0.00592. The van der Waals surface area contributed by atoms with Gasteiger partial charge in [-0.15, -0.1) is 0 Å². The standard InChI is InChI=1S/C14H9BrClFO2/c15-10-6-11(16)12(17)7-14(10)19-8-13(18)9-4-2-1-3-5-9/h1-7H,8H2. The summed E-state index contributed by atoms with van der Waals surface area (Å²) >= 11 is 8.82. The van der Waals surface area contributed by atoms with Crippen LogP contribution in [-0.4, -0.2) is 12.4 Å². The Hall–Kier alpha value is -1.39.